The van der Waals surface area contributed by atoms with Gasteiger partial charge in [-0.05, 0) is 12.1 Å². The van der Waals surface area contributed by atoms with Crippen LogP contribution in [0, 0.1) is 17.1 Å². The van der Waals surface area contributed by atoms with Gasteiger partial charge in [0.2, 0.25) is 0 Å². The molecule has 0 aliphatic carbocycles. The Morgan fingerprint density at radius 3 is 2.89 bits per heavy atom. The van der Waals surface area contributed by atoms with Crippen molar-refractivity contribution in [3.8, 4) is 11.8 Å². The third-order valence-electron chi connectivity index (χ3n) is 2.97. The Labute approximate surface area is 116 Å². The summed E-state index contributed by atoms with van der Waals surface area (Å²) in [5.74, 6) is -0.458. The summed E-state index contributed by atoms with van der Waals surface area (Å²) in [7, 11) is 0. The Hall–Kier alpha value is -1.39. The maximum atomic E-state index is 13.4. The van der Waals surface area contributed by atoms with Gasteiger partial charge >= 0.3 is 0 Å². The van der Waals surface area contributed by atoms with Crippen molar-refractivity contribution in [1.82, 2.24) is 5.32 Å². The van der Waals surface area contributed by atoms with Crippen molar-refractivity contribution in [1.29, 1.82) is 5.26 Å². The summed E-state index contributed by atoms with van der Waals surface area (Å²) in [6, 6.07) is 5.57. The van der Waals surface area contributed by atoms with E-state index >= 15 is 0 Å². The molecule has 0 amide bonds. The molecule has 0 radical (unpaired) electrons. The van der Waals surface area contributed by atoms with Crippen LogP contribution in [0.25, 0.3) is 0 Å². The molecule has 2 atom stereocenters. The molecule has 1 aromatic rings. The van der Waals surface area contributed by atoms with E-state index in [1.54, 1.807) is 6.07 Å². The van der Waals surface area contributed by atoms with Crippen LogP contribution < -0.4 is 10.1 Å². The highest BCUT2D eigenvalue weighted by Crippen LogP contribution is 2.23. The number of nitriles is 1. The highest BCUT2D eigenvalue weighted by atomic mass is 35.5. The average molecular weight is 289 g/mol. The molecule has 7 heteroatoms. The van der Waals surface area contributed by atoms with Crippen LogP contribution in [-0.2, 0) is 0 Å². The lowest BCUT2D eigenvalue weighted by Gasteiger charge is -2.27. The Bertz CT molecular complexity index is 494. The van der Waals surface area contributed by atoms with E-state index in [1.807, 2.05) is 0 Å². The van der Waals surface area contributed by atoms with E-state index in [9.17, 15) is 9.50 Å². The molecule has 0 spiro atoms. The molecular weight excluding hydrogens is 275 g/mol. The second-order valence-corrected chi connectivity index (χ2v) is 4.25. The van der Waals surface area contributed by atoms with Gasteiger partial charge < -0.3 is 20.3 Å². The van der Waals surface area contributed by atoms with Gasteiger partial charge in [0, 0.05) is 19.2 Å². The fourth-order valence-corrected chi connectivity index (χ4v) is 1.86. The first-order valence-electron chi connectivity index (χ1n) is 5.49. The minimum Gasteiger partial charge on any atom is -0.486 e. The second kappa shape index (κ2) is 6.17. The van der Waals surface area contributed by atoms with E-state index in [-0.39, 0.29) is 30.3 Å². The first kappa shape index (κ1) is 15.7. The maximum absolute atomic E-state index is 13.4. The summed E-state index contributed by atoms with van der Waals surface area (Å²) in [5.41, 5.74) is -1.44. The van der Waals surface area contributed by atoms with E-state index in [1.165, 1.54) is 12.1 Å². The second-order valence-electron chi connectivity index (χ2n) is 4.25. The zero-order chi connectivity index (χ0) is 13.2. The molecule has 0 unspecified atom stereocenters. The minimum atomic E-state index is -1.37. The van der Waals surface area contributed by atoms with Gasteiger partial charge in [-0.1, -0.05) is 0 Å². The van der Waals surface area contributed by atoms with Crippen LogP contribution in [0.4, 0.5) is 4.39 Å². The molecule has 1 aliphatic rings. The molecule has 0 aromatic heterocycles. The van der Waals surface area contributed by atoms with Crippen molar-refractivity contribution in [3.05, 3.63) is 29.6 Å². The van der Waals surface area contributed by atoms with Crippen LogP contribution in [0.1, 0.15) is 5.56 Å². The highest BCUT2D eigenvalue weighted by Gasteiger charge is 2.42. The first-order chi connectivity index (χ1) is 8.59. The fourth-order valence-electron chi connectivity index (χ4n) is 1.86. The van der Waals surface area contributed by atoms with E-state index < -0.39 is 24.1 Å². The van der Waals surface area contributed by atoms with Gasteiger partial charge in [0.1, 0.15) is 29.3 Å². The Morgan fingerprint density at radius 2 is 2.32 bits per heavy atom. The summed E-state index contributed by atoms with van der Waals surface area (Å²) in [6.45, 7) is 0.134. The number of nitrogens with zero attached hydrogens (tertiary/aromatic N) is 1. The summed E-state index contributed by atoms with van der Waals surface area (Å²) >= 11 is 0. The molecule has 1 fully saturated rings. The van der Waals surface area contributed by atoms with Gasteiger partial charge in [-0.3, -0.25) is 0 Å². The fraction of sp³-hybridized carbons (Fsp3) is 0.417. The molecule has 0 saturated carbocycles. The number of ether oxygens (including phenoxy) is 1. The van der Waals surface area contributed by atoms with Gasteiger partial charge in [-0.2, -0.15) is 5.26 Å². The Morgan fingerprint density at radius 1 is 1.58 bits per heavy atom. The SMILES string of the molecule is Cl.N#Cc1ccc(O[C@H]2CNC[C@@]2(O)CO)cc1F. The topological polar surface area (TPSA) is 85.5 Å². The number of aliphatic hydroxyl groups is 2. The van der Waals surface area contributed by atoms with Crippen LogP contribution in [0.5, 0.6) is 5.75 Å². The van der Waals surface area contributed by atoms with E-state index in [0.29, 0.717) is 6.54 Å². The number of aliphatic hydroxyl groups excluding tert-OH is 1. The average Bonchev–Trinajstić information content (AvgIpc) is 2.72. The number of benzene rings is 1. The number of hydrogen-bond acceptors (Lipinski definition) is 5. The van der Waals surface area contributed by atoms with Crippen LogP contribution in [0.2, 0.25) is 0 Å². The van der Waals surface area contributed by atoms with Crippen molar-refractivity contribution < 1.29 is 19.3 Å². The van der Waals surface area contributed by atoms with Crippen LogP contribution in [0.15, 0.2) is 18.2 Å². The first-order valence-corrected chi connectivity index (χ1v) is 5.49. The van der Waals surface area contributed by atoms with E-state index in [2.05, 4.69) is 5.32 Å². The van der Waals surface area contributed by atoms with Crippen molar-refractivity contribution in [3.63, 3.8) is 0 Å². The van der Waals surface area contributed by atoms with Gasteiger partial charge in [0.05, 0.1) is 12.2 Å². The van der Waals surface area contributed by atoms with Crippen molar-refractivity contribution in [2.75, 3.05) is 19.7 Å². The lowest BCUT2D eigenvalue weighted by atomic mass is 10.0. The largest absolute Gasteiger partial charge is 0.486 e. The van der Waals surface area contributed by atoms with Crippen molar-refractivity contribution >= 4 is 12.4 Å². The number of rotatable bonds is 3. The quantitative estimate of drug-likeness (QED) is 0.739. The molecular formula is C12H14ClFN2O3. The number of hydrogen-bond donors (Lipinski definition) is 3. The predicted octanol–water partition coefficient (Wildman–Crippen LogP) is 0.193. The molecule has 1 aromatic carbocycles. The van der Waals surface area contributed by atoms with Crippen molar-refractivity contribution in [2.24, 2.45) is 0 Å². The third kappa shape index (κ3) is 3.14. The van der Waals surface area contributed by atoms with Gasteiger partial charge in [0.15, 0.2) is 0 Å². The molecule has 2 rings (SSSR count). The summed E-state index contributed by atoms with van der Waals surface area (Å²) in [4.78, 5) is 0. The van der Waals surface area contributed by atoms with Gasteiger partial charge in [-0.25, -0.2) is 4.39 Å². The Balaban J connectivity index is 0.00000180. The lowest BCUT2D eigenvalue weighted by molar-refractivity contribution is -0.0632. The number of halogens is 2. The molecule has 5 nitrogen and oxygen atoms in total. The number of nitrogens with one attached hydrogen (secondary N) is 1. The highest BCUT2D eigenvalue weighted by molar-refractivity contribution is 5.85. The molecule has 1 saturated heterocycles. The normalized spacial score (nSPS) is 25.5. The summed E-state index contributed by atoms with van der Waals surface area (Å²) in [5, 5.41) is 30.6. The molecule has 1 heterocycles. The van der Waals surface area contributed by atoms with Crippen molar-refractivity contribution in [2.45, 2.75) is 11.7 Å². The number of β-amino-alcohol motifs (C(OH)–C–C–N with tert-alkyl or cyclic N) is 1. The lowest BCUT2D eigenvalue weighted by Crippen LogP contribution is -2.48. The minimum absolute atomic E-state index is 0. The van der Waals surface area contributed by atoms with Gasteiger partial charge in [-0.15, -0.1) is 12.4 Å². The van der Waals surface area contributed by atoms with Gasteiger partial charge in [0.25, 0.3) is 0 Å². The zero-order valence-electron chi connectivity index (χ0n) is 9.97. The molecule has 19 heavy (non-hydrogen) atoms. The zero-order valence-corrected chi connectivity index (χ0v) is 10.8. The third-order valence-corrected chi connectivity index (χ3v) is 2.97. The summed E-state index contributed by atoms with van der Waals surface area (Å²) < 4.78 is 18.8. The molecule has 1 aliphatic heterocycles. The molecule has 104 valence electrons. The maximum Gasteiger partial charge on any atom is 0.144 e. The standard InChI is InChI=1S/C12H13FN2O3.ClH/c13-10-3-9(2-1-8(10)4-14)18-11-5-15-6-12(11,17)7-16;/h1-3,11,15-17H,5-7H2;1H/t11-,12+;/m0./s1. The monoisotopic (exact) mass is 288 g/mol. The summed E-state index contributed by atoms with van der Waals surface area (Å²) in [6.07, 6.45) is -0.658. The van der Waals surface area contributed by atoms with Crippen LogP contribution in [-0.4, -0.2) is 41.6 Å². The van der Waals surface area contributed by atoms with E-state index in [0.717, 1.165) is 6.07 Å². The smallest absolute Gasteiger partial charge is 0.144 e. The van der Waals surface area contributed by atoms with E-state index in [4.69, 9.17) is 15.1 Å². The molecule has 0 bridgehead atoms. The predicted molar refractivity (Wildman–Crippen MR) is 67.7 cm³/mol. The Kier molecular flexibility index (Phi) is 5.09. The molecule has 3 N–H and O–H groups in total. The van der Waals surface area contributed by atoms with Crippen LogP contribution >= 0.6 is 12.4 Å². The van der Waals surface area contributed by atoms with Crippen LogP contribution in [0.3, 0.4) is 0 Å².